The number of aryl methyl sites for hydroxylation is 1. The van der Waals surface area contributed by atoms with Crippen LogP contribution < -0.4 is 15.5 Å². The van der Waals surface area contributed by atoms with Gasteiger partial charge in [0.15, 0.2) is 5.96 Å². The van der Waals surface area contributed by atoms with E-state index in [9.17, 15) is 0 Å². The maximum absolute atomic E-state index is 5.61. The van der Waals surface area contributed by atoms with E-state index in [4.69, 9.17) is 4.74 Å². The lowest BCUT2D eigenvalue weighted by Gasteiger charge is -2.32. The Morgan fingerprint density at radius 3 is 3.07 bits per heavy atom. The molecular weight excluding hydrogens is 342 g/mol. The predicted octanol–water partition coefficient (Wildman–Crippen LogP) is 1.26. The predicted molar refractivity (Wildman–Crippen MR) is 107 cm³/mol. The second-order valence-corrected chi connectivity index (χ2v) is 6.62. The minimum Gasteiger partial charge on any atom is -0.375 e. The second-order valence-electron chi connectivity index (χ2n) is 6.62. The van der Waals surface area contributed by atoms with Gasteiger partial charge >= 0.3 is 0 Å². The molecule has 0 amide bonds. The Labute approximate surface area is 160 Å². The highest BCUT2D eigenvalue weighted by atomic mass is 16.5. The van der Waals surface area contributed by atoms with Crippen molar-refractivity contribution in [1.82, 2.24) is 25.4 Å². The number of hydrogen-bond acceptors (Lipinski definition) is 5. The average molecular weight is 371 g/mol. The smallest absolute Gasteiger partial charge is 0.191 e. The van der Waals surface area contributed by atoms with Crippen LogP contribution in [0.4, 0.5) is 5.82 Å². The van der Waals surface area contributed by atoms with Crippen LogP contribution in [0.5, 0.6) is 0 Å². The van der Waals surface area contributed by atoms with Crippen molar-refractivity contribution in [3.63, 3.8) is 0 Å². The first kappa shape index (κ1) is 19.2. The Bertz CT molecular complexity index is 717. The molecule has 1 aliphatic heterocycles. The van der Waals surface area contributed by atoms with Gasteiger partial charge in [0.2, 0.25) is 0 Å². The summed E-state index contributed by atoms with van der Waals surface area (Å²) < 4.78 is 7.55. The molecule has 1 fully saturated rings. The first-order valence-corrected chi connectivity index (χ1v) is 9.48. The third-order valence-corrected chi connectivity index (χ3v) is 4.47. The molecule has 2 aromatic rings. The van der Waals surface area contributed by atoms with Crippen LogP contribution in [0.15, 0.2) is 41.8 Å². The van der Waals surface area contributed by atoms with E-state index >= 15 is 0 Å². The van der Waals surface area contributed by atoms with E-state index in [0.717, 1.165) is 51.0 Å². The largest absolute Gasteiger partial charge is 0.375 e. The van der Waals surface area contributed by atoms with Crippen LogP contribution in [-0.4, -0.2) is 60.1 Å². The van der Waals surface area contributed by atoms with E-state index in [-0.39, 0.29) is 6.10 Å². The Morgan fingerprint density at radius 2 is 2.30 bits per heavy atom. The fourth-order valence-corrected chi connectivity index (χ4v) is 3.06. The van der Waals surface area contributed by atoms with Crippen molar-refractivity contribution in [3.8, 4) is 0 Å². The molecule has 146 valence electrons. The molecule has 1 saturated heterocycles. The van der Waals surface area contributed by atoms with E-state index in [2.05, 4.69) is 43.6 Å². The summed E-state index contributed by atoms with van der Waals surface area (Å²) in [6.07, 6.45) is 6.87. The number of anilines is 1. The highest BCUT2D eigenvalue weighted by Crippen LogP contribution is 2.16. The van der Waals surface area contributed by atoms with Gasteiger partial charge in [0.05, 0.1) is 12.7 Å². The normalized spacial score (nSPS) is 17.8. The summed E-state index contributed by atoms with van der Waals surface area (Å²) in [7, 11) is 1.79. The van der Waals surface area contributed by atoms with Crippen molar-refractivity contribution in [1.29, 1.82) is 0 Å². The molecular formula is C19H29N7O. The minimum absolute atomic E-state index is 0.243. The van der Waals surface area contributed by atoms with Gasteiger partial charge in [-0.2, -0.15) is 5.10 Å². The van der Waals surface area contributed by atoms with Gasteiger partial charge in [-0.25, -0.2) is 4.98 Å². The van der Waals surface area contributed by atoms with E-state index in [1.54, 1.807) is 13.2 Å². The first-order valence-electron chi connectivity index (χ1n) is 9.48. The lowest BCUT2D eigenvalue weighted by atomic mass is 10.2. The lowest BCUT2D eigenvalue weighted by Crippen LogP contribution is -2.41. The number of aliphatic imine (C=N–C) groups is 1. The molecule has 0 spiro atoms. The highest BCUT2D eigenvalue weighted by Gasteiger charge is 2.18. The number of hydrogen-bond donors (Lipinski definition) is 2. The van der Waals surface area contributed by atoms with Gasteiger partial charge in [0.1, 0.15) is 5.82 Å². The SMILES string of the molecule is CN=C(NCCCn1cccn1)NCc1ccnc(N2CCOC(C)C2)c1. The quantitative estimate of drug-likeness (QED) is 0.433. The molecule has 2 aromatic heterocycles. The van der Waals surface area contributed by atoms with Crippen LogP contribution in [0.25, 0.3) is 0 Å². The molecule has 27 heavy (non-hydrogen) atoms. The summed E-state index contributed by atoms with van der Waals surface area (Å²) in [5.41, 5.74) is 1.18. The number of nitrogens with zero attached hydrogens (tertiary/aromatic N) is 5. The fraction of sp³-hybridized carbons (Fsp3) is 0.526. The number of guanidine groups is 1. The maximum atomic E-state index is 5.61. The summed E-state index contributed by atoms with van der Waals surface area (Å²) in [4.78, 5) is 11.1. The number of rotatable bonds is 7. The highest BCUT2D eigenvalue weighted by molar-refractivity contribution is 5.79. The molecule has 1 unspecified atom stereocenters. The van der Waals surface area contributed by atoms with Gasteiger partial charge in [-0.3, -0.25) is 9.67 Å². The molecule has 8 nitrogen and oxygen atoms in total. The third-order valence-electron chi connectivity index (χ3n) is 4.47. The summed E-state index contributed by atoms with van der Waals surface area (Å²) in [6, 6.07) is 6.11. The van der Waals surface area contributed by atoms with Gasteiger partial charge < -0.3 is 20.3 Å². The summed E-state index contributed by atoms with van der Waals surface area (Å²) in [5.74, 6) is 1.81. The summed E-state index contributed by atoms with van der Waals surface area (Å²) in [6.45, 7) is 7.04. The van der Waals surface area contributed by atoms with E-state index in [1.807, 2.05) is 29.2 Å². The number of nitrogens with one attached hydrogen (secondary N) is 2. The van der Waals surface area contributed by atoms with Crippen molar-refractivity contribution >= 4 is 11.8 Å². The molecule has 3 rings (SSSR count). The lowest BCUT2D eigenvalue weighted by molar-refractivity contribution is 0.0529. The number of aromatic nitrogens is 3. The molecule has 0 bridgehead atoms. The Kier molecular flexibility index (Phi) is 7.04. The molecule has 0 radical (unpaired) electrons. The number of ether oxygens (including phenoxy) is 1. The van der Waals surface area contributed by atoms with Gasteiger partial charge in [-0.1, -0.05) is 0 Å². The second kappa shape index (κ2) is 9.91. The monoisotopic (exact) mass is 371 g/mol. The van der Waals surface area contributed by atoms with E-state index in [1.165, 1.54) is 5.56 Å². The molecule has 2 N–H and O–H groups in total. The van der Waals surface area contributed by atoms with Crippen LogP contribution in [0.2, 0.25) is 0 Å². The van der Waals surface area contributed by atoms with Crippen molar-refractivity contribution in [2.24, 2.45) is 4.99 Å². The van der Waals surface area contributed by atoms with Crippen LogP contribution in [-0.2, 0) is 17.8 Å². The zero-order chi connectivity index (χ0) is 18.9. The molecule has 1 atom stereocenters. The van der Waals surface area contributed by atoms with Crippen molar-refractivity contribution in [2.45, 2.75) is 32.5 Å². The van der Waals surface area contributed by atoms with Crippen LogP contribution >= 0.6 is 0 Å². The molecule has 0 aromatic carbocycles. The van der Waals surface area contributed by atoms with Crippen molar-refractivity contribution in [3.05, 3.63) is 42.4 Å². The zero-order valence-electron chi connectivity index (χ0n) is 16.1. The third kappa shape index (κ3) is 5.96. The molecule has 0 saturated carbocycles. The van der Waals surface area contributed by atoms with Crippen LogP contribution in [0, 0.1) is 0 Å². The minimum atomic E-state index is 0.243. The van der Waals surface area contributed by atoms with E-state index < -0.39 is 0 Å². The van der Waals surface area contributed by atoms with Crippen molar-refractivity contribution < 1.29 is 4.74 Å². The van der Waals surface area contributed by atoms with Crippen molar-refractivity contribution in [2.75, 3.05) is 38.2 Å². The summed E-state index contributed by atoms with van der Waals surface area (Å²) >= 11 is 0. The number of morpholine rings is 1. The molecule has 8 heteroatoms. The van der Waals surface area contributed by atoms with Crippen LogP contribution in [0.3, 0.4) is 0 Å². The standard InChI is InChI=1S/C19H29N7O/c1-16-15-25(11-12-27-16)18-13-17(5-8-21-18)14-23-19(20-2)22-6-3-9-26-10-4-7-24-26/h4-5,7-8,10,13,16H,3,6,9,11-12,14-15H2,1-2H3,(H2,20,22,23). The Hall–Kier alpha value is -2.61. The van der Waals surface area contributed by atoms with Crippen LogP contribution in [0.1, 0.15) is 18.9 Å². The molecule has 0 aliphatic carbocycles. The Balaban J connectivity index is 1.44. The van der Waals surface area contributed by atoms with Gasteiger partial charge in [0.25, 0.3) is 0 Å². The topological polar surface area (TPSA) is 79.6 Å². The van der Waals surface area contributed by atoms with Gasteiger partial charge in [0, 0.05) is 58.4 Å². The fourth-order valence-electron chi connectivity index (χ4n) is 3.06. The average Bonchev–Trinajstić information content (AvgIpc) is 3.21. The van der Waals surface area contributed by atoms with Gasteiger partial charge in [-0.15, -0.1) is 0 Å². The zero-order valence-corrected chi connectivity index (χ0v) is 16.1. The first-order chi connectivity index (χ1) is 13.2. The van der Waals surface area contributed by atoms with Gasteiger partial charge in [-0.05, 0) is 37.1 Å². The molecule has 1 aliphatic rings. The summed E-state index contributed by atoms with van der Waals surface area (Å²) in [5, 5.41) is 10.9. The maximum Gasteiger partial charge on any atom is 0.191 e. The molecule has 3 heterocycles. The van der Waals surface area contributed by atoms with E-state index in [0.29, 0.717) is 6.54 Å². The Morgan fingerprint density at radius 1 is 1.37 bits per heavy atom. The number of pyridine rings is 1.